The Balaban J connectivity index is 1.53. The summed E-state index contributed by atoms with van der Waals surface area (Å²) in [7, 11) is 0. The van der Waals surface area contributed by atoms with E-state index in [0.717, 1.165) is 15.9 Å². The molecule has 0 aliphatic heterocycles. The maximum atomic E-state index is 12.2. The molecule has 3 rings (SSSR count). The number of nitrogens with zero attached hydrogens (tertiary/aromatic N) is 5. The van der Waals surface area contributed by atoms with Gasteiger partial charge >= 0.3 is 5.97 Å². The van der Waals surface area contributed by atoms with Gasteiger partial charge in [0.1, 0.15) is 0 Å². The van der Waals surface area contributed by atoms with Crippen molar-refractivity contribution in [3.8, 4) is 17.5 Å². The molecule has 9 nitrogen and oxygen atoms in total. The first-order chi connectivity index (χ1) is 13.9. The number of nitriles is 1. The minimum absolute atomic E-state index is 0.270. The number of tetrazole rings is 1. The molecule has 146 valence electrons. The highest BCUT2D eigenvalue weighted by Crippen LogP contribution is 2.14. The molecule has 1 heterocycles. The normalized spacial score (nSPS) is 11.3. The van der Waals surface area contributed by atoms with Crippen LogP contribution in [0.1, 0.15) is 18.1 Å². The Bertz CT molecular complexity index is 1050. The van der Waals surface area contributed by atoms with Crippen LogP contribution in [0.2, 0.25) is 0 Å². The van der Waals surface area contributed by atoms with Crippen molar-refractivity contribution in [2.75, 3.05) is 5.32 Å². The molecule has 1 aromatic heterocycles. The summed E-state index contributed by atoms with van der Waals surface area (Å²) in [4.78, 5) is 25.4. The van der Waals surface area contributed by atoms with Crippen molar-refractivity contribution in [1.82, 2.24) is 20.2 Å². The van der Waals surface area contributed by atoms with E-state index in [2.05, 4.69) is 20.7 Å². The SMILES string of the molecule is Cc1ccc(-c2nnn(CC(=O)O[C@@H](C)C(=O)Nc3ccc(C#N)cc3)n2)cc1. The summed E-state index contributed by atoms with van der Waals surface area (Å²) in [5, 5.41) is 23.3. The second-order valence-electron chi connectivity index (χ2n) is 6.32. The van der Waals surface area contributed by atoms with E-state index in [1.54, 1.807) is 24.3 Å². The zero-order valence-corrected chi connectivity index (χ0v) is 15.9. The van der Waals surface area contributed by atoms with Crippen LogP contribution in [-0.4, -0.2) is 38.2 Å². The molecular weight excluding hydrogens is 372 g/mol. The summed E-state index contributed by atoms with van der Waals surface area (Å²) >= 11 is 0. The van der Waals surface area contributed by atoms with Crippen molar-refractivity contribution in [1.29, 1.82) is 5.26 Å². The molecule has 3 aromatic rings. The lowest BCUT2D eigenvalue weighted by molar-refractivity contribution is -0.154. The first-order valence-electron chi connectivity index (χ1n) is 8.80. The maximum Gasteiger partial charge on any atom is 0.330 e. The summed E-state index contributed by atoms with van der Waals surface area (Å²) < 4.78 is 5.13. The van der Waals surface area contributed by atoms with E-state index in [9.17, 15) is 9.59 Å². The summed E-state index contributed by atoms with van der Waals surface area (Å²) in [6.45, 7) is 3.17. The molecule has 0 aliphatic carbocycles. The van der Waals surface area contributed by atoms with Crippen LogP contribution in [0.3, 0.4) is 0 Å². The van der Waals surface area contributed by atoms with E-state index in [0.29, 0.717) is 17.1 Å². The smallest absolute Gasteiger partial charge is 0.330 e. The highest BCUT2D eigenvalue weighted by molar-refractivity contribution is 5.95. The summed E-state index contributed by atoms with van der Waals surface area (Å²) in [5.41, 5.74) is 2.87. The number of esters is 1. The summed E-state index contributed by atoms with van der Waals surface area (Å²) in [5.74, 6) is -0.764. The number of ether oxygens (including phenoxy) is 1. The fraction of sp³-hybridized carbons (Fsp3) is 0.200. The molecule has 9 heteroatoms. The number of carbonyl (C=O) groups is 2. The van der Waals surface area contributed by atoms with Crippen molar-refractivity contribution in [3.63, 3.8) is 0 Å². The summed E-state index contributed by atoms with van der Waals surface area (Å²) in [6, 6.07) is 15.9. The van der Waals surface area contributed by atoms with Gasteiger partial charge in [-0.25, -0.2) is 4.79 Å². The van der Waals surface area contributed by atoms with Crippen LogP contribution >= 0.6 is 0 Å². The zero-order chi connectivity index (χ0) is 20.8. The summed E-state index contributed by atoms with van der Waals surface area (Å²) in [6.07, 6.45) is -1.02. The van der Waals surface area contributed by atoms with Gasteiger partial charge in [0.15, 0.2) is 12.6 Å². The first kappa shape index (κ1) is 19.7. The van der Waals surface area contributed by atoms with Gasteiger partial charge in [0.05, 0.1) is 11.6 Å². The Kier molecular flexibility index (Phi) is 5.94. The van der Waals surface area contributed by atoms with E-state index >= 15 is 0 Å². The number of aryl methyl sites for hydroxylation is 1. The molecule has 0 unspecified atom stereocenters. The molecule has 1 atom stereocenters. The van der Waals surface area contributed by atoms with E-state index < -0.39 is 18.0 Å². The minimum atomic E-state index is -1.02. The quantitative estimate of drug-likeness (QED) is 0.639. The predicted molar refractivity (Wildman–Crippen MR) is 103 cm³/mol. The molecule has 1 N–H and O–H groups in total. The molecular formula is C20H18N6O3. The molecule has 0 aliphatic rings. The van der Waals surface area contributed by atoms with E-state index in [1.165, 1.54) is 6.92 Å². The van der Waals surface area contributed by atoms with Gasteiger partial charge in [0.2, 0.25) is 5.82 Å². The Morgan fingerprint density at radius 2 is 1.86 bits per heavy atom. The Labute approximate surface area is 166 Å². The lowest BCUT2D eigenvalue weighted by Crippen LogP contribution is -2.31. The van der Waals surface area contributed by atoms with Crippen molar-refractivity contribution in [2.24, 2.45) is 0 Å². The van der Waals surface area contributed by atoms with Crippen LogP contribution in [0.4, 0.5) is 5.69 Å². The van der Waals surface area contributed by atoms with Crippen LogP contribution in [0.5, 0.6) is 0 Å². The Morgan fingerprint density at radius 3 is 2.52 bits per heavy atom. The molecule has 1 amide bonds. The molecule has 0 spiro atoms. The highest BCUT2D eigenvalue weighted by atomic mass is 16.5. The molecule has 0 fully saturated rings. The standard InChI is InChI=1S/C20H18N6O3/c1-13-3-7-16(8-4-13)19-23-25-26(24-19)12-18(27)29-14(2)20(28)22-17-9-5-15(11-21)6-10-17/h3-10,14H,12H2,1-2H3,(H,22,28)/t14-/m0/s1. The number of aromatic nitrogens is 4. The second-order valence-corrected chi connectivity index (χ2v) is 6.32. The van der Waals surface area contributed by atoms with Gasteiger partial charge in [0.25, 0.3) is 5.91 Å². The topological polar surface area (TPSA) is 123 Å². The third-order valence-electron chi connectivity index (χ3n) is 3.99. The monoisotopic (exact) mass is 390 g/mol. The van der Waals surface area contributed by atoms with Crippen molar-refractivity contribution < 1.29 is 14.3 Å². The van der Waals surface area contributed by atoms with E-state index in [1.807, 2.05) is 37.3 Å². The van der Waals surface area contributed by atoms with Gasteiger partial charge in [-0.1, -0.05) is 29.8 Å². The fourth-order valence-electron chi connectivity index (χ4n) is 2.40. The number of amides is 1. The number of benzene rings is 2. The van der Waals surface area contributed by atoms with Crippen LogP contribution in [0, 0.1) is 18.3 Å². The van der Waals surface area contributed by atoms with Crippen LogP contribution in [0.25, 0.3) is 11.4 Å². The molecule has 0 saturated heterocycles. The van der Waals surface area contributed by atoms with E-state index in [4.69, 9.17) is 10.00 Å². The molecule has 0 bridgehead atoms. The van der Waals surface area contributed by atoms with Gasteiger partial charge in [0, 0.05) is 11.3 Å². The van der Waals surface area contributed by atoms with E-state index in [-0.39, 0.29) is 6.54 Å². The number of hydrogen-bond acceptors (Lipinski definition) is 7. The largest absolute Gasteiger partial charge is 0.451 e. The van der Waals surface area contributed by atoms with Gasteiger partial charge in [-0.3, -0.25) is 4.79 Å². The number of carbonyl (C=O) groups excluding carboxylic acids is 2. The number of hydrogen-bond donors (Lipinski definition) is 1. The molecule has 2 aromatic carbocycles. The molecule has 29 heavy (non-hydrogen) atoms. The van der Waals surface area contributed by atoms with Gasteiger partial charge in [-0.15, -0.1) is 10.2 Å². The maximum absolute atomic E-state index is 12.2. The number of rotatable bonds is 6. The van der Waals surface area contributed by atoms with Crippen molar-refractivity contribution in [3.05, 3.63) is 59.7 Å². The fourth-order valence-corrected chi connectivity index (χ4v) is 2.40. The molecule has 0 saturated carbocycles. The van der Waals surface area contributed by atoms with Gasteiger partial charge < -0.3 is 10.1 Å². The Morgan fingerprint density at radius 1 is 1.17 bits per heavy atom. The van der Waals surface area contributed by atoms with Gasteiger partial charge in [-0.2, -0.15) is 10.1 Å². The Hall–Kier alpha value is -4.06. The third-order valence-corrected chi connectivity index (χ3v) is 3.99. The third kappa shape index (κ3) is 5.23. The van der Waals surface area contributed by atoms with Crippen LogP contribution in [-0.2, 0) is 20.9 Å². The molecule has 0 radical (unpaired) electrons. The lowest BCUT2D eigenvalue weighted by atomic mass is 10.1. The average molecular weight is 390 g/mol. The lowest BCUT2D eigenvalue weighted by Gasteiger charge is -2.13. The number of anilines is 1. The highest BCUT2D eigenvalue weighted by Gasteiger charge is 2.19. The van der Waals surface area contributed by atoms with Crippen molar-refractivity contribution >= 4 is 17.6 Å². The zero-order valence-electron chi connectivity index (χ0n) is 15.9. The van der Waals surface area contributed by atoms with Crippen LogP contribution < -0.4 is 5.32 Å². The van der Waals surface area contributed by atoms with Crippen molar-refractivity contribution in [2.45, 2.75) is 26.5 Å². The second kappa shape index (κ2) is 8.75. The predicted octanol–water partition coefficient (Wildman–Crippen LogP) is 2.09. The average Bonchev–Trinajstić information content (AvgIpc) is 3.17. The first-order valence-corrected chi connectivity index (χ1v) is 8.80. The minimum Gasteiger partial charge on any atom is -0.451 e. The van der Waals surface area contributed by atoms with Crippen LogP contribution in [0.15, 0.2) is 48.5 Å². The number of nitrogens with one attached hydrogen (secondary N) is 1. The van der Waals surface area contributed by atoms with Gasteiger partial charge in [-0.05, 0) is 43.3 Å².